The number of hydrogen-bond donors (Lipinski definition) is 2. The molecule has 84 valence electrons. The van der Waals surface area contributed by atoms with E-state index in [-0.39, 0.29) is 11.5 Å². The van der Waals surface area contributed by atoms with E-state index in [0.717, 1.165) is 19.0 Å². The Morgan fingerprint density at radius 3 is 2.80 bits per heavy atom. The Bertz CT molecular complexity index is 321. The van der Waals surface area contributed by atoms with Crippen LogP contribution in [0.3, 0.4) is 0 Å². The summed E-state index contributed by atoms with van der Waals surface area (Å²) in [6.45, 7) is 8.93. The molecule has 2 N–H and O–H groups in total. The second-order valence-corrected chi connectivity index (χ2v) is 5.01. The smallest absolute Gasteiger partial charge is 0.125 e. The number of ether oxygens (including phenoxy) is 1. The first-order valence-electron chi connectivity index (χ1n) is 5.44. The van der Waals surface area contributed by atoms with Crippen LogP contribution in [0, 0.1) is 0 Å². The van der Waals surface area contributed by atoms with Crippen LogP contribution in [0.2, 0.25) is 0 Å². The van der Waals surface area contributed by atoms with Crippen LogP contribution in [-0.4, -0.2) is 29.7 Å². The largest absolute Gasteiger partial charge is 0.378 e. The average Bonchev–Trinajstić information content (AvgIpc) is 2.67. The molecule has 0 aromatic carbocycles. The number of imidazole rings is 1. The highest BCUT2D eigenvalue weighted by Crippen LogP contribution is 2.22. The first kappa shape index (κ1) is 10.6. The first-order valence-corrected chi connectivity index (χ1v) is 5.44. The molecular formula is C11H19N3O. The maximum absolute atomic E-state index is 5.41. The van der Waals surface area contributed by atoms with E-state index in [9.17, 15) is 0 Å². The number of aromatic amines is 1. The van der Waals surface area contributed by atoms with Gasteiger partial charge in [0.1, 0.15) is 5.82 Å². The van der Waals surface area contributed by atoms with Crippen molar-refractivity contribution < 1.29 is 4.74 Å². The maximum Gasteiger partial charge on any atom is 0.125 e. The van der Waals surface area contributed by atoms with Crippen LogP contribution in [0.4, 0.5) is 0 Å². The third-order valence-corrected chi connectivity index (χ3v) is 2.66. The van der Waals surface area contributed by atoms with E-state index in [2.05, 4.69) is 36.1 Å². The lowest BCUT2D eigenvalue weighted by atomic mass is 9.93. The van der Waals surface area contributed by atoms with Crippen LogP contribution in [0.25, 0.3) is 0 Å². The van der Waals surface area contributed by atoms with E-state index in [1.807, 2.05) is 6.20 Å². The summed E-state index contributed by atoms with van der Waals surface area (Å²) in [6, 6.07) is 0.217. The monoisotopic (exact) mass is 209 g/mol. The minimum atomic E-state index is 0.126. The average molecular weight is 209 g/mol. The van der Waals surface area contributed by atoms with Gasteiger partial charge in [0.2, 0.25) is 0 Å². The van der Waals surface area contributed by atoms with Gasteiger partial charge >= 0.3 is 0 Å². The Kier molecular flexibility index (Phi) is 2.80. The van der Waals surface area contributed by atoms with E-state index in [1.165, 1.54) is 5.69 Å². The molecule has 0 spiro atoms. The number of hydrogen-bond acceptors (Lipinski definition) is 3. The summed E-state index contributed by atoms with van der Waals surface area (Å²) >= 11 is 0. The van der Waals surface area contributed by atoms with Gasteiger partial charge in [0, 0.05) is 23.9 Å². The number of H-pyrrole nitrogens is 1. The van der Waals surface area contributed by atoms with E-state index < -0.39 is 0 Å². The summed E-state index contributed by atoms with van der Waals surface area (Å²) in [4.78, 5) is 7.78. The maximum atomic E-state index is 5.41. The third kappa shape index (κ3) is 2.38. The van der Waals surface area contributed by atoms with Crippen LogP contribution >= 0.6 is 0 Å². The molecule has 15 heavy (non-hydrogen) atoms. The number of nitrogens with zero attached hydrogens (tertiary/aromatic N) is 1. The molecule has 1 saturated heterocycles. The minimum absolute atomic E-state index is 0.126. The number of aromatic nitrogens is 2. The van der Waals surface area contributed by atoms with Crippen LogP contribution < -0.4 is 5.32 Å². The second kappa shape index (κ2) is 3.94. The summed E-state index contributed by atoms with van der Waals surface area (Å²) in [5.74, 6) is 0.986. The van der Waals surface area contributed by atoms with Crippen molar-refractivity contribution >= 4 is 0 Å². The van der Waals surface area contributed by atoms with Crippen molar-refractivity contribution in [2.24, 2.45) is 0 Å². The fourth-order valence-corrected chi connectivity index (χ4v) is 1.64. The van der Waals surface area contributed by atoms with Crippen LogP contribution in [0.15, 0.2) is 6.20 Å². The zero-order valence-electron chi connectivity index (χ0n) is 9.63. The number of morpholine rings is 1. The summed E-state index contributed by atoms with van der Waals surface area (Å²) in [6.07, 6.45) is 1.92. The lowest BCUT2D eigenvalue weighted by Gasteiger charge is -2.22. The van der Waals surface area contributed by atoms with Crippen molar-refractivity contribution in [3.05, 3.63) is 17.7 Å². The molecule has 2 rings (SSSR count). The van der Waals surface area contributed by atoms with E-state index in [1.54, 1.807) is 0 Å². The topological polar surface area (TPSA) is 49.9 Å². The molecule has 0 aliphatic carbocycles. The van der Waals surface area contributed by atoms with Crippen LogP contribution in [0.5, 0.6) is 0 Å². The van der Waals surface area contributed by atoms with Gasteiger partial charge < -0.3 is 15.0 Å². The Labute approximate surface area is 90.4 Å². The van der Waals surface area contributed by atoms with E-state index in [4.69, 9.17) is 4.74 Å². The van der Waals surface area contributed by atoms with Gasteiger partial charge in [0.25, 0.3) is 0 Å². The molecule has 2 heterocycles. The number of rotatable bonds is 1. The van der Waals surface area contributed by atoms with Gasteiger partial charge in [-0.2, -0.15) is 0 Å². The van der Waals surface area contributed by atoms with Crippen LogP contribution in [0.1, 0.15) is 38.3 Å². The van der Waals surface area contributed by atoms with Crippen molar-refractivity contribution in [2.75, 3.05) is 19.8 Å². The van der Waals surface area contributed by atoms with Gasteiger partial charge in [-0.25, -0.2) is 4.98 Å². The van der Waals surface area contributed by atoms with Crippen molar-refractivity contribution in [2.45, 2.75) is 32.2 Å². The highest BCUT2D eigenvalue weighted by Gasteiger charge is 2.21. The van der Waals surface area contributed by atoms with Gasteiger partial charge in [-0.1, -0.05) is 20.8 Å². The standard InChI is InChI=1S/C11H19N3O/c1-11(2,3)9-6-13-10(14-9)8-7-15-5-4-12-8/h6,8,12H,4-5,7H2,1-3H3,(H,13,14)/t8-/m0/s1. The molecule has 1 aliphatic rings. The Hall–Kier alpha value is -0.870. The number of nitrogens with one attached hydrogen (secondary N) is 2. The SMILES string of the molecule is CC(C)(C)c1cnc([C@@H]2COCCN2)[nH]1. The quantitative estimate of drug-likeness (QED) is 0.734. The zero-order valence-corrected chi connectivity index (χ0v) is 9.63. The Morgan fingerprint density at radius 1 is 1.47 bits per heavy atom. The highest BCUT2D eigenvalue weighted by molar-refractivity contribution is 5.13. The van der Waals surface area contributed by atoms with Crippen molar-refractivity contribution in [3.63, 3.8) is 0 Å². The summed E-state index contributed by atoms with van der Waals surface area (Å²) in [5.41, 5.74) is 1.30. The predicted octanol–water partition coefficient (Wildman–Crippen LogP) is 1.37. The highest BCUT2D eigenvalue weighted by atomic mass is 16.5. The molecule has 0 radical (unpaired) electrons. The molecule has 1 aromatic heterocycles. The fourth-order valence-electron chi connectivity index (χ4n) is 1.64. The molecule has 1 aliphatic heterocycles. The lowest BCUT2D eigenvalue weighted by Crippen LogP contribution is -2.35. The molecule has 1 atom stereocenters. The molecule has 4 heteroatoms. The third-order valence-electron chi connectivity index (χ3n) is 2.66. The van der Waals surface area contributed by atoms with Crippen molar-refractivity contribution in [1.29, 1.82) is 0 Å². The van der Waals surface area contributed by atoms with Crippen molar-refractivity contribution in [1.82, 2.24) is 15.3 Å². The van der Waals surface area contributed by atoms with E-state index >= 15 is 0 Å². The molecular weight excluding hydrogens is 190 g/mol. The van der Waals surface area contributed by atoms with Crippen LogP contribution in [-0.2, 0) is 10.2 Å². The fraction of sp³-hybridized carbons (Fsp3) is 0.727. The van der Waals surface area contributed by atoms with E-state index in [0.29, 0.717) is 6.61 Å². The molecule has 0 saturated carbocycles. The normalized spacial score (nSPS) is 23.0. The molecule has 0 unspecified atom stereocenters. The van der Waals surface area contributed by atoms with Gasteiger partial charge in [-0.3, -0.25) is 0 Å². The molecule has 1 aromatic rings. The van der Waals surface area contributed by atoms with Gasteiger partial charge in [0.15, 0.2) is 0 Å². The Morgan fingerprint density at radius 2 is 2.27 bits per heavy atom. The summed E-state index contributed by atoms with van der Waals surface area (Å²) in [7, 11) is 0. The van der Waals surface area contributed by atoms with Crippen molar-refractivity contribution in [3.8, 4) is 0 Å². The predicted molar refractivity (Wildman–Crippen MR) is 58.9 cm³/mol. The van der Waals surface area contributed by atoms with Gasteiger partial charge in [-0.05, 0) is 0 Å². The van der Waals surface area contributed by atoms with Gasteiger partial charge in [-0.15, -0.1) is 0 Å². The molecule has 0 bridgehead atoms. The zero-order chi connectivity index (χ0) is 10.9. The summed E-state index contributed by atoms with van der Waals surface area (Å²) in [5, 5.41) is 3.38. The minimum Gasteiger partial charge on any atom is -0.378 e. The molecule has 1 fully saturated rings. The Balaban J connectivity index is 2.12. The summed E-state index contributed by atoms with van der Waals surface area (Å²) < 4.78 is 5.41. The first-order chi connectivity index (χ1) is 7.07. The molecule has 4 nitrogen and oxygen atoms in total. The second-order valence-electron chi connectivity index (χ2n) is 5.01. The lowest BCUT2D eigenvalue weighted by molar-refractivity contribution is 0.0744. The molecule has 0 amide bonds. The van der Waals surface area contributed by atoms with Gasteiger partial charge in [0.05, 0.1) is 19.3 Å².